The summed E-state index contributed by atoms with van der Waals surface area (Å²) in [7, 11) is 0. The van der Waals surface area contributed by atoms with Crippen molar-refractivity contribution in [3.63, 3.8) is 0 Å². The molecule has 4 heterocycles. The molecule has 28 heavy (non-hydrogen) atoms. The Morgan fingerprint density at radius 2 is 1.96 bits per heavy atom. The van der Waals surface area contributed by atoms with Gasteiger partial charge >= 0.3 is 0 Å². The number of aromatic nitrogens is 5. The minimum absolute atomic E-state index is 0.00274. The maximum atomic E-state index is 13.1. The summed E-state index contributed by atoms with van der Waals surface area (Å²) in [6.45, 7) is 4.24. The Labute approximate surface area is 162 Å². The predicted octanol–water partition coefficient (Wildman–Crippen LogP) is 1.78. The first kappa shape index (κ1) is 16.9. The van der Waals surface area contributed by atoms with Crippen LogP contribution in [0.4, 0.5) is 11.5 Å². The predicted molar refractivity (Wildman–Crippen MR) is 105 cm³/mol. The summed E-state index contributed by atoms with van der Waals surface area (Å²) in [6, 6.07) is 8.25. The van der Waals surface area contributed by atoms with E-state index in [4.69, 9.17) is 0 Å². The van der Waals surface area contributed by atoms with Crippen LogP contribution in [0.5, 0.6) is 0 Å². The monoisotopic (exact) mass is 375 g/mol. The maximum Gasteiger partial charge on any atom is 0.233 e. The highest BCUT2D eigenvalue weighted by atomic mass is 16.2. The summed E-state index contributed by atoms with van der Waals surface area (Å²) in [6.07, 6.45) is 6.65. The number of benzene rings is 1. The number of aryl methyl sites for hydroxylation is 2. The average molecular weight is 375 g/mol. The highest BCUT2D eigenvalue weighted by molar-refractivity contribution is 5.97. The van der Waals surface area contributed by atoms with Gasteiger partial charge in [-0.2, -0.15) is 5.10 Å². The standard InChI is InChI=1S/C20H21N7O/c1-14-4-5-17-15(7-14)3-2-6-26(17)20(28)16-9-25(10-16)18-8-19(23-12-22-18)27-13-21-11-24-27/h4-5,7-8,11-13,16H,2-3,6,9-10H2,1H3. The van der Waals surface area contributed by atoms with Crippen molar-refractivity contribution in [2.75, 3.05) is 29.4 Å². The lowest BCUT2D eigenvalue weighted by Crippen LogP contribution is -2.55. The van der Waals surface area contributed by atoms with Crippen LogP contribution in [0.3, 0.4) is 0 Å². The normalized spacial score (nSPS) is 16.6. The number of carbonyl (C=O) groups is 1. The fraction of sp³-hybridized carbons (Fsp3) is 0.350. The molecule has 2 aliphatic rings. The minimum Gasteiger partial charge on any atom is -0.355 e. The number of fused-ring (bicyclic) bond motifs is 1. The lowest BCUT2D eigenvalue weighted by atomic mass is 9.94. The number of anilines is 2. The topological polar surface area (TPSA) is 80.0 Å². The summed E-state index contributed by atoms with van der Waals surface area (Å²) in [5.41, 5.74) is 3.61. The Morgan fingerprint density at radius 3 is 2.79 bits per heavy atom. The van der Waals surface area contributed by atoms with Crippen LogP contribution in [-0.2, 0) is 11.2 Å². The average Bonchev–Trinajstić information content (AvgIpc) is 3.21. The molecule has 0 N–H and O–H groups in total. The molecule has 8 nitrogen and oxygen atoms in total. The summed E-state index contributed by atoms with van der Waals surface area (Å²) >= 11 is 0. The SMILES string of the molecule is Cc1ccc2c(c1)CCCN2C(=O)C1CN(c2cc(-n3cncn3)ncn2)C1. The fourth-order valence-electron chi connectivity index (χ4n) is 3.96. The Bertz CT molecular complexity index is 1010. The summed E-state index contributed by atoms with van der Waals surface area (Å²) < 4.78 is 1.60. The molecule has 1 fully saturated rings. The zero-order valence-corrected chi connectivity index (χ0v) is 15.7. The molecule has 8 heteroatoms. The molecule has 0 radical (unpaired) electrons. The number of carbonyl (C=O) groups excluding carboxylic acids is 1. The van der Waals surface area contributed by atoms with Crippen LogP contribution >= 0.6 is 0 Å². The Kier molecular flexibility index (Phi) is 4.03. The van der Waals surface area contributed by atoms with E-state index in [9.17, 15) is 4.79 Å². The highest BCUT2D eigenvalue weighted by Crippen LogP contribution is 2.32. The van der Waals surface area contributed by atoms with Gasteiger partial charge in [-0.1, -0.05) is 17.7 Å². The van der Waals surface area contributed by atoms with Gasteiger partial charge in [-0.25, -0.2) is 19.6 Å². The van der Waals surface area contributed by atoms with E-state index in [0.29, 0.717) is 18.9 Å². The highest BCUT2D eigenvalue weighted by Gasteiger charge is 2.37. The molecule has 142 valence electrons. The zero-order valence-electron chi connectivity index (χ0n) is 15.7. The van der Waals surface area contributed by atoms with E-state index in [1.165, 1.54) is 23.8 Å². The van der Waals surface area contributed by atoms with Crippen LogP contribution in [0.2, 0.25) is 0 Å². The minimum atomic E-state index is -0.00274. The Morgan fingerprint density at radius 1 is 1.11 bits per heavy atom. The summed E-state index contributed by atoms with van der Waals surface area (Å²) in [5, 5.41) is 4.10. The quantitative estimate of drug-likeness (QED) is 0.694. The van der Waals surface area contributed by atoms with Crippen molar-refractivity contribution >= 4 is 17.4 Å². The van der Waals surface area contributed by atoms with Crippen LogP contribution in [0, 0.1) is 12.8 Å². The molecular weight excluding hydrogens is 354 g/mol. The van der Waals surface area contributed by atoms with Crippen molar-refractivity contribution < 1.29 is 4.79 Å². The van der Waals surface area contributed by atoms with E-state index in [0.717, 1.165) is 30.9 Å². The Hall–Kier alpha value is -3.29. The molecule has 2 aromatic heterocycles. The van der Waals surface area contributed by atoms with E-state index in [1.54, 1.807) is 11.0 Å². The van der Waals surface area contributed by atoms with Gasteiger partial charge in [0.25, 0.3) is 0 Å². The molecule has 2 aliphatic heterocycles. The van der Waals surface area contributed by atoms with Gasteiger partial charge in [0.1, 0.15) is 24.8 Å². The third-order valence-electron chi connectivity index (χ3n) is 5.47. The molecule has 0 unspecified atom stereocenters. The molecule has 0 spiro atoms. The second kappa shape index (κ2) is 6.70. The molecular formula is C20H21N7O. The van der Waals surface area contributed by atoms with Gasteiger partial charge in [0.05, 0.1) is 5.92 Å². The number of amides is 1. The number of rotatable bonds is 3. The molecule has 1 aromatic carbocycles. The van der Waals surface area contributed by atoms with Crippen molar-refractivity contribution in [2.45, 2.75) is 19.8 Å². The van der Waals surface area contributed by atoms with Gasteiger partial charge < -0.3 is 9.80 Å². The molecule has 0 aliphatic carbocycles. The van der Waals surface area contributed by atoms with Gasteiger partial charge in [-0.05, 0) is 31.4 Å². The van der Waals surface area contributed by atoms with Crippen molar-refractivity contribution in [1.29, 1.82) is 0 Å². The third kappa shape index (κ3) is 2.90. The maximum absolute atomic E-state index is 13.1. The van der Waals surface area contributed by atoms with E-state index in [2.05, 4.69) is 50.1 Å². The fourth-order valence-corrected chi connectivity index (χ4v) is 3.96. The zero-order chi connectivity index (χ0) is 19.1. The van der Waals surface area contributed by atoms with Gasteiger partial charge in [0.2, 0.25) is 5.91 Å². The lowest BCUT2D eigenvalue weighted by molar-refractivity contribution is -0.123. The van der Waals surface area contributed by atoms with Crippen LogP contribution in [0.15, 0.2) is 43.2 Å². The molecule has 1 amide bonds. The van der Waals surface area contributed by atoms with Crippen LogP contribution in [-0.4, -0.2) is 50.3 Å². The molecule has 0 atom stereocenters. The van der Waals surface area contributed by atoms with Gasteiger partial charge in [0, 0.05) is 31.4 Å². The summed E-state index contributed by atoms with van der Waals surface area (Å²) in [4.78, 5) is 29.7. The Balaban J connectivity index is 1.29. The van der Waals surface area contributed by atoms with Gasteiger partial charge in [-0.3, -0.25) is 4.79 Å². The molecule has 3 aromatic rings. The largest absolute Gasteiger partial charge is 0.355 e. The molecule has 5 rings (SSSR count). The number of hydrogen-bond acceptors (Lipinski definition) is 6. The molecule has 1 saturated heterocycles. The first-order valence-electron chi connectivity index (χ1n) is 9.52. The van der Waals surface area contributed by atoms with Crippen molar-refractivity contribution in [3.8, 4) is 5.82 Å². The smallest absolute Gasteiger partial charge is 0.233 e. The van der Waals surface area contributed by atoms with Gasteiger partial charge in [0.15, 0.2) is 5.82 Å². The third-order valence-corrected chi connectivity index (χ3v) is 5.47. The van der Waals surface area contributed by atoms with Crippen molar-refractivity contribution in [3.05, 3.63) is 54.4 Å². The molecule has 0 bridgehead atoms. The van der Waals surface area contributed by atoms with Crippen molar-refractivity contribution in [2.24, 2.45) is 5.92 Å². The summed E-state index contributed by atoms with van der Waals surface area (Å²) in [5.74, 6) is 1.68. The van der Waals surface area contributed by atoms with Crippen molar-refractivity contribution in [1.82, 2.24) is 24.7 Å². The van der Waals surface area contributed by atoms with Crippen LogP contribution in [0.1, 0.15) is 17.5 Å². The van der Waals surface area contributed by atoms with E-state index < -0.39 is 0 Å². The molecule has 0 saturated carbocycles. The second-order valence-corrected chi connectivity index (χ2v) is 7.40. The van der Waals surface area contributed by atoms with Gasteiger partial charge in [-0.15, -0.1) is 0 Å². The van der Waals surface area contributed by atoms with E-state index in [1.807, 2.05) is 11.0 Å². The number of hydrogen-bond donors (Lipinski definition) is 0. The van der Waals surface area contributed by atoms with Crippen LogP contribution in [0.25, 0.3) is 5.82 Å². The lowest BCUT2D eigenvalue weighted by Gasteiger charge is -2.42. The second-order valence-electron chi connectivity index (χ2n) is 7.40. The first-order valence-corrected chi connectivity index (χ1v) is 9.52. The number of nitrogens with zero attached hydrogens (tertiary/aromatic N) is 7. The van der Waals surface area contributed by atoms with E-state index in [-0.39, 0.29) is 11.8 Å². The first-order chi connectivity index (χ1) is 13.7. The van der Waals surface area contributed by atoms with Crippen LogP contribution < -0.4 is 9.80 Å². The van der Waals surface area contributed by atoms with E-state index >= 15 is 0 Å².